The number of nitrogens with zero attached hydrogens (tertiary/aromatic N) is 4. The van der Waals surface area contributed by atoms with Crippen molar-refractivity contribution in [1.29, 1.82) is 0 Å². The molecule has 0 spiro atoms. The molecule has 148 valence electrons. The van der Waals surface area contributed by atoms with Gasteiger partial charge in [0.15, 0.2) is 12.3 Å². The zero-order valence-corrected chi connectivity index (χ0v) is 17.0. The number of aryl methyl sites for hydroxylation is 1. The van der Waals surface area contributed by atoms with E-state index in [0.717, 1.165) is 54.4 Å². The van der Waals surface area contributed by atoms with Crippen LogP contribution in [0.5, 0.6) is 5.75 Å². The highest BCUT2D eigenvalue weighted by Gasteiger charge is 2.24. The quantitative estimate of drug-likeness (QED) is 0.632. The Morgan fingerprint density at radius 3 is 2.86 bits per heavy atom. The maximum Gasteiger partial charge on any atom is 0.275 e. The van der Waals surface area contributed by atoms with Crippen LogP contribution in [0.2, 0.25) is 0 Å². The fraction of sp³-hybridized carbons (Fsp3) is 0.450. The van der Waals surface area contributed by atoms with Crippen molar-refractivity contribution in [2.45, 2.75) is 26.9 Å². The van der Waals surface area contributed by atoms with Gasteiger partial charge in [0.1, 0.15) is 12.0 Å². The third-order valence-corrected chi connectivity index (χ3v) is 5.75. The Balaban J connectivity index is 1.34. The molecular weight excluding hydrogens is 376 g/mol. The lowest BCUT2D eigenvalue weighted by atomic mass is 10.2. The maximum absolute atomic E-state index is 12.6. The van der Waals surface area contributed by atoms with Crippen molar-refractivity contribution < 1.29 is 13.9 Å². The third-order valence-electron chi connectivity index (χ3n) is 4.80. The number of fused-ring (bicyclic) bond motifs is 1. The third kappa shape index (κ3) is 4.18. The molecule has 1 amide bonds. The van der Waals surface area contributed by atoms with Crippen molar-refractivity contribution in [2.24, 2.45) is 0 Å². The van der Waals surface area contributed by atoms with Crippen molar-refractivity contribution in [2.75, 3.05) is 32.7 Å². The first-order chi connectivity index (χ1) is 13.6. The van der Waals surface area contributed by atoms with Gasteiger partial charge in [-0.25, -0.2) is 9.97 Å². The highest BCUT2D eigenvalue weighted by molar-refractivity contribution is 7.18. The normalized spacial score (nSPS) is 15.3. The Kier molecular flexibility index (Phi) is 5.59. The number of carbonyl (C=O) groups is 1. The van der Waals surface area contributed by atoms with Crippen LogP contribution >= 0.6 is 11.3 Å². The second kappa shape index (κ2) is 8.28. The smallest absolute Gasteiger partial charge is 0.275 e. The van der Waals surface area contributed by atoms with E-state index in [4.69, 9.17) is 9.15 Å². The molecule has 8 heteroatoms. The van der Waals surface area contributed by atoms with Gasteiger partial charge < -0.3 is 14.1 Å². The lowest BCUT2D eigenvalue weighted by Crippen LogP contribution is -2.48. The van der Waals surface area contributed by atoms with Crippen molar-refractivity contribution in [3.05, 3.63) is 41.1 Å². The standard InChI is InChI=1S/C20H24N4O3S/c1-3-6-23-7-9-24(10-8-23)20(25)17-12-27-19(22-17)13-26-15-4-5-18-16(11-15)21-14(2)28-18/h4-5,11-12H,3,6-10,13H2,1-2H3. The van der Waals surface area contributed by atoms with Crippen molar-refractivity contribution in [1.82, 2.24) is 19.8 Å². The van der Waals surface area contributed by atoms with Gasteiger partial charge in [-0.15, -0.1) is 11.3 Å². The summed E-state index contributed by atoms with van der Waals surface area (Å²) in [5.74, 6) is 1.02. The largest absolute Gasteiger partial charge is 0.484 e. The SMILES string of the molecule is CCCN1CCN(C(=O)c2coc(COc3ccc4sc(C)nc4c3)n2)CC1. The average Bonchev–Trinajstić information content (AvgIpc) is 3.32. The van der Waals surface area contributed by atoms with E-state index in [1.807, 2.05) is 30.0 Å². The van der Waals surface area contributed by atoms with Gasteiger partial charge in [-0.3, -0.25) is 9.69 Å². The molecule has 4 rings (SSSR count). The molecule has 0 saturated carbocycles. The molecule has 1 saturated heterocycles. The number of rotatable bonds is 6. The van der Waals surface area contributed by atoms with Crippen LogP contribution in [-0.4, -0.2) is 58.4 Å². The van der Waals surface area contributed by atoms with E-state index in [2.05, 4.69) is 21.8 Å². The maximum atomic E-state index is 12.6. The second-order valence-electron chi connectivity index (χ2n) is 6.91. The Morgan fingerprint density at radius 1 is 1.25 bits per heavy atom. The number of thiazole rings is 1. The summed E-state index contributed by atoms with van der Waals surface area (Å²) in [7, 11) is 0. The molecule has 2 aromatic heterocycles. The molecule has 3 heterocycles. The monoisotopic (exact) mass is 400 g/mol. The Labute approximate surface area is 167 Å². The molecule has 0 unspecified atom stereocenters. The van der Waals surface area contributed by atoms with E-state index < -0.39 is 0 Å². The number of hydrogen-bond acceptors (Lipinski definition) is 7. The number of aromatic nitrogens is 2. The van der Waals surface area contributed by atoms with Gasteiger partial charge >= 0.3 is 0 Å². The lowest BCUT2D eigenvalue weighted by molar-refractivity contribution is 0.0631. The number of benzene rings is 1. The number of amides is 1. The van der Waals surface area contributed by atoms with E-state index in [-0.39, 0.29) is 12.5 Å². The molecule has 7 nitrogen and oxygen atoms in total. The van der Waals surface area contributed by atoms with Gasteiger partial charge in [0.2, 0.25) is 5.89 Å². The van der Waals surface area contributed by atoms with Gasteiger partial charge in [-0.2, -0.15) is 0 Å². The van der Waals surface area contributed by atoms with Crippen LogP contribution < -0.4 is 4.74 Å². The Bertz CT molecular complexity index is 959. The molecule has 0 N–H and O–H groups in total. The molecule has 1 aliphatic rings. The molecule has 3 aromatic rings. The van der Waals surface area contributed by atoms with Crippen molar-refractivity contribution in [3.8, 4) is 5.75 Å². The minimum absolute atomic E-state index is 0.0782. The van der Waals surface area contributed by atoms with Crippen molar-refractivity contribution >= 4 is 27.5 Å². The first-order valence-corrected chi connectivity index (χ1v) is 10.4. The Morgan fingerprint density at radius 2 is 2.07 bits per heavy atom. The first kappa shape index (κ1) is 18.9. The molecule has 0 bridgehead atoms. The zero-order chi connectivity index (χ0) is 19.5. The van der Waals surface area contributed by atoms with Crippen LogP contribution in [0.1, 0.15) is 34.7 Å². The van der Waals surface area contributed by atoms with Crippen LogP contribution in [0, 0.1) is 6.92 Å². The molecule has 0 aliphatic carbocycles. The number of carbonyl (C=O) groups excluding carboxylic acids is 1. The van der Waals surface area contributed by atoms with Crippen LogP contribution in [0.4, 0.5) is 0 Å². The second-order valence-corrected chi connectivity index (χ2v) is 8.15. The summed E-state index contributed by atoms with van der Waals surface area (Å²) >= 11 is 1.66. The molecule has 1 aliphatic heterocycles. The number of ether oxygens (including phenoxy) is 1. The van der Waals surface area contributed by atoms with Crippen LogP contribution in [0.25, 0.3) is 10.2 Å². The summed E-state index contributed by atoms with van der Waals surface area (Å²) in [6.45, 7) is 8.69. The fourth-order valence-electron chi connectivity index (χ4n) is 3.39. The minimum Gasteiger partial charge on any atom is -0.484 e. The van der Waals surface area contributed by atoms with Gasteiger partial charge in [-0.05, 0) is 32.0 Å². The van der Waals surface area contributed by atoms with E-state index in [1.165, 1.54) is 6.26 Å². The van der Waals surface area contributed by atoms with Crippen molar-refractivity contribution in [3.63, 3.8) is 0 Å². The molecular formula is C20H24N4O3S. The highest BCUT2D eigenvalue weighted by atomic mass is 32.1. The summed E-state index contributed by atoms with van der Waals surface area (Å²) in [4.78, 5) is 25.6. The van der Waals surface area contributed by atoms with E-state index in [0.29, 0.717) is 17.3 Å². The van der Waals surface area contributed by atoms with Crippen LogP contribution in [0.3, 0.4) is 0 Å². The topological polar surface area (TPSA) is 71.7 Å². The first-order valence-electron chi connectivity index (χ1n) is 9.58. The lowest BCUT2D eigenvalue weighted by Gasteiger charge is -2.34. The highest BCUT2D eigenvalue weighted by Crippen LogP contribution is 2.26. The van der Waals surface area contributed by atoms with Gasteiger partial charge in [-0.1, -0.05) is 6.92 Å². The summed E-state index contributed by atoms with van der Waals surface area (Å²) in [5, 5.41) is 1.03. The summed E-state index contributed by atoms with van der Waals surface area (Å²) in [6.07, 6.45) is 2.56. The fourth-order valence-corrected chi connectivity index (χ4v) is 4.19. The van der Waals surface area contributed by atoms with Gasteiger partial charge in [0.25, 0.3) is 5.91 Å². The van der Waals surface area contributed by atoms with Crippen LogP contribution in [0.15, 0.2) is 28.9 Å². The molecule has 28 heavy (non-hydrogen) atoms. The summed E-state index contributed by atoms with van der Waals surface area (Å²) < 4.78 is 12.3. The van der Waals surface area contributed by atoms with E-state index >= 15 is 0 Å². The zero-order valence-electron chi connectivity index (χ0n) is 16.2. The average molecular weight is 401 g/mol. The van der Waals surface area contributed by atoms with Gasteiger partial charge in [0, 0.05) is 32.2 Å². The molecule has 1 aromatic carbocycles. The van der Waals surface area contributed by atoms with Crippen LogP contribution in [-0.2, 0) is 6.61 Å². The summed E-state index contributed by atoms with van der Waals surface area (Å²) in [6, 6.07) is 5.81. The number of hydrogen-bond donors (Lipinski definition) is 0. The molecule has 0 atom stereocenters. The number of oxazole rings is 1. The van der Waals surface area contributed by atoms with E-state index in [1.54, 1.807) is 11.3 Å². The van der Waals surface area contributed by atoms with E-state index in [9.17, 15) is 4.79 Å². The minimum atomic E-state index is -0.0782. The predicted molar refractivity (Wildman–Crippen MR) is 108 cm³/mol. The van der Waals surface area contributed by atoms with Gasteiger partial charge in [0.05, 0.1) is 15.2 Å². The number of piperazine rings is 1. The molecule has 1 fully saturated rings. The predicted octanol–water partition coefficient (Wildman–Crippen LogP) is 3.34. The summed E-state index contributed by atoms with van der Waals surface area (Å²) in [5.41, 5.74) is 1.26. The Hall–Kier alpha value is -2.45. The molecule has 0 radical (unpaired) electrons.